The standard InChI is InChI=1S/C18H15N3O5S2/c1-11(22)20-13-5-7-15(8-6-13)28(24,25)26-14-4-2-3-12(9-14)10-16-17(23)21-18(19)27-16/h2-10H,1H3,(H,20,22)(H2,19,21,23). The van der Waals surface area contributed by atoms with Crippen LogP contribution in [0.15, 0.2) is 58.3 Å². The van der Waals surface area contributed by atoms with Crippen LogP contribution in [0.1, 0.15) is 12.5 Å². The van der Waals surface area contributed by atoms with Crippen molar-refractivity contribution in [3.8, 4) is 5.75 Å². The first kappa shape index (κ1) is 19.6. The van der Waals surface area contributed by atoms with Crippen LogP contribution in [0.25, 0.3) is 6.08 Å². The highest BCUT2D eigenvalue weighted by Crippen LogP contribution is 2.27. The molecule has 0 aromatic heterocycles. The molecule has 0 unspecified atom stereocenters. The molecule has 3 rings (SSSR count). The molecule has 2 aromatic carbocycles. The Hall–Kier alpha value is -3.11. The molecule has 0 saturated carbocycles. The van der Waals surface area contributed by atoms with Gasteiger partial charge in [-0.15, -0.1) is 0 Å². The highest BCUT2D eigenvalue weighted by Gasteiger charge is 2.22. The SMILES string of the molecule is CC(=O)Nc1ccc(S(=O)(=O)Oc2cccc(C=C3SC(=N)NC3=O)c2)cc1. The number of carbonyl (C=O) groups is 2. The van der Waals surface area contributed by atoms with Gasteiger partial charge < -0.3 is 14.8 Å². The van der Waals surface area contributed by atoms with E-state index in [2.05, 4.69) is 10.6 Å². The number of hydrogen-bond donors (Lipinski definition) is 3. The van der Waals surface area contributed by atoms with Gasteiger partial charge in [0, 0.05) is 12.6 Å². The van der Waals surface area contributed by atoms with Gasteiger partial charge in [0.25, 0.3) is 5.91 Å². The second kappa shape index (κ2) is 7.87. The zero-order chi connectivity index (χ0) is 20.3. The molecular weight excluding hydrogens is 402 g/mol. The summed E-state index contributed by atoms with van der Waals surface area (Å²) in [6.07, 6.45) is 1.54. The Kier molecular flexibility index (Phi) is 5.52. The Morgan fingerprint density at radius 2 is 1.93 bits per heavy atom. The first-order valence-electron chi connectivity index (χ1n) is 7.94. The maximum Gasteiger partial charge on any atom is 0.339 e. The fourth-order valence-corrected chi connectivity index (χ4v) is 3.96. The first-order valence-corrected chi connectivity index (χ1v) is 10.2. The third-order valence-electron chi connectivity index (χ3n) is 3.49. The highest BCUT2D eigenvalue weighted by atomic mass is 32.2. The topological polar surface area (TPSA) is 125 Å². The van der Waals surface area contributed by atoms with Gasteiger partial charge in [0.15, 0.2) is 5.17 Å². The molecule has 0 radical (unpaired) electrons. The van der Waals surface area contributed by atoms with Gasteiger partial charge in [-0.3, -0.25) is 15.0 Å². The van der Waals surface area contributed by atoms with E-state index in [4.69, 9.17) is 9.59 Å². The van der Waals surface area contributed by atoms with E-state index in [0.29, 0.717) is 16.2 Å². The van der Waals surface area contributed by atoms with Gasteiger partial charge in [-0.05, 0) is 59.8 Å². The molecule has 1 saturated heterocycles. The Morgan fingerprint density at radius 3 is 2.54 bits per heavy atom. The molecule has 1 aliphatic heterocycles. The number of anilines is 1. The molecule has 3 N–H and O–H groups in total. The minimum atomic E-state index is -4.07. The van der Waals surface area contributed by atoms with E-state index in [9.17, 15) is 18.0 Å². The molecular formula is C18H15N3O5S2. The third kappa shape index (κ3) is 4.78. The number of hydrogen-bond acceptors (Lipinski definition) is 7. The molecule has 10 heteroatoms. The summed E-state index contributed by atoms with van der Waals surface area (Å²) in [6, 6.07) is 11.8. The van der Waals surface area contributed by atoms with Crippen LogP contribution in [0, 0.1) is 5.41 Å². The smallest absolute Gasteiger partial charge is 0.339 e. The summed E-state index contributed by atoms with van der Waals surface area (Å²) >= 11 is 0.985. The van der Waals surface area contributed by atoms with E-state index in [1.165, 1.54) is 43.3 Å². The quantitative estimate of drug-likeness (QED) is 0.507. The lowest BCUT2D eigenvalue weighted by molar-refractivity contribution is -0.115. The van der Waals surface area contributed by atoms with Gasteiger partial charge in [-0.2, -0.15) is 8.42 Å². The van der Waals surface area contributed by atoms with Crippen molar-refractivity contribution in [1.82, 2.24) is 5.32 Å². The van der Waals surface area contributed by atoms with E-state index in [1.807, 2.05) is 0 Å². The lowest BCUT2D eigenvalue weighted by atomic mass is 10.2. The van der Waals surface area contributed by atoms with Crippen LogP contribution in [0.5, 0.6) is 5.75 Å². The largest absolute Gasteiger partial charge is 0.379 e. The molecule has 1 aliphatic rings. The van der Waals surface area contributed by atoms with Crippen molar-refractivity contribution in [2.24, 2.45) is 0 Å². The number of nitrogens with one attached hydrogen (secondary N) is 3. The Bertz CT molecular complexity index is 1090. The second-order valence-corrected chi connectivity index (χ2v) is 8.31. The minimum absolute atomic E-state index is 0.0361. The molecule has 2 aromatic rings. The van der Waals surface area contributed by atoms with E-state index in [0.717, 1.165) is 11.8 Å². The van der Waals surface area contributed by atoms with E-state index < -0.39 is 10.1 Å². The summed E-state index contributed by atoms with van der Waals surface area (Å²) in [5.41, 5.74) is 1.03. The zero-order valence-electron chi connectivity index (χ0n) is 14.6. The lowest BCUT2D eigenvalue weighted by Crippen LogP contribution is -2.18. The molecule has 28 heavy (non-hydrogen) atoms. The number of rotatable bonds is 5. The Morgan fingerprint density at radius 1 is 1.21 bits per heavy atom. The molecule has 2 amide bonds. The van der Waals surface area contributed by atoms with Crippen molar-refractivity contribution in [2.75, 3.05) is 5.32 Å². The maximum absolute atomic E-state index is 12.5. The fraction of sp³-hybridized carbons (Fsp3) is 0.0556. The van der Waals surface area contributed by atoms with Gasteiger partial charge in [0.05, 0.1) is 4.91 Å². The summed E-state index contributed by atoms with van der Waals surface area (Å²) in [4.78, 5) is 23.0. The van der Waals surface area contributed by atoms with E-state index in [1.54, 1.807) is 18.2 Å². The molecule has 0 aliphatic carbocycles. The van der Waals surface area contributed by atoms with E-state index in [-0.39, 0.29) is 27.6 Å². The first-order chi connectivity index (χ1) is 13.2. The third-order valence-corrected chi connectivity index (χ3v) is 5.58. The summed E-state index contributed by atoms with van der Waals surface area (Å²) in [5, 5.41) is 12.4. The number of benzene rings is 2. The molecule has 144 valence electrons. The van der Waals surface area contributed by atoms with Crippen LogP contribution in [-0.2, 0) is 19.7 Å². The number of amides is 2. The molecule has 1 fully saturated rings. The van der Waals surface area contributed by atoms with Crippen LogP contribution in [0.4, 0.5) is 5.69 Å². The van der Waals surface area contributed by atoms with Crippen molar-refractivity contribution in [2.45, 2.75) is 11.8 Å². The summed E-state index contributed by atoms with van der Waals surface area (Å²) in [7, 11) is -4.07. The van der Waals surface area contributed by atoms with Crippen molar-refractivity contribution >= 4 is 50.6 Å². The molecule has 0 bridgehead atoms. The Balaban J connectivity index is 1.79. The van der Waals surface area contributed by atoms with Crippen molar-refractivity contribution in [3.63, 3.8) is 0 Å². The van der Waals surface area contributed by atoms with E-state index >= 15 is 0 Å². The van der Waals surface area contributed by atoms with Crippen LogP contribution in [0.2, 0.25) is 0 Å². The average molecular weight is 417 g/mol. The number of amidine groups is 1. The van der Waals surface area contributed by atoms with Crippen LogP contribution >= 0.6 is 11.8 Å². The Labute approximate surface area is 165 Å². The van der Waals surface area contributed by atoms with Crippen molar-refractivity contribution in [1.29, 1.82) is 5.41 Å². The molecule has 0 spiro atoms. The summed E-state index contributed by atoms with van der Waals surface area (Å²) in [6.45, 7) is 1.35. The molecule has 0 atom stereocenters. The number of carbonyl (C=O) groups excluding carboxylic acids is 2. The number of thioether (sulfide) groups is 1. The predicted molar refractivity (Wildman–Crippen MR) is 106 cm³/mol. The summed E-state index contributed by atoms with van der Waals surface area (Å²) in [5.74, 6) is -0.561. The van der Waals surface area contributed by atoms with Crippen molar-refractivity contribution in [3.05, 3.63) is 59.0 Å². The molecule has 8 nitrogen and oxygen atoms in total. The monoisotopic (exact) mass is 417 g/mol. The van der Waals surface area contributed by atoms with Crippen LogP contribution in [0.3, 0.4) is 0 Å². The minimum Gasteiger partial charge on any atom is -0.379 e. The van der Waals surface area contributed by atoms with Crippen LogP contribution in [-0.4, -0.2) is 25.4 Å². The normalized spacial score (nSPS) is 15.4. The van der Waals surface area contributed by atoms with Crippen LogP contribution < -0.4 is 14.8 Å². The van der Waals surface area contributed by atoms with Gasteiger partial charge in [0.1, 0.15) is 10.6 Å². The molecule has 1 heterocycles. The maximum atomic E-state index is 12.5. The summed E-state index contributed by atoms with van der Waals surface area (Å²) < 4.78 is 30.1. The van der Waals surface area contributed by atoms with Gasteiger partial charge in [-0.1, -0.05) is 12.1 Å². The lowest BCUT2D eigenvalue weighted by Gasteiger charge is -2.09. The zero-order valence-corrected chi connectivity index (χ0v) is 16.2. The average Bonchev–Trinajstić information content (AvgIpc) is 2.92. The van der Waals surface area contributed by atoms with Crippen molar-refractivity contribution < 1.29 is 22.2 Å². The second-order valence-electron chi connectivity index (χ2n) is 5.71. The predicted octanol–water partition coefficient (Wildman–Crippen LogP) is 2.55. The van der Waals surface area contributed by atoms with Gasteiger partial charge in [-0.25, -0.2) is 0 Å². The fourth-order valence-electron chi connectivity index (χ4n) is 2.33. The highest BCUT2D eigenvalue weighted by molar-refractivity contribution is 8.18. The van der Waals surface area contributed by atoms with Gasteiger partial charge >= 0.3 is 10.1 Å². The van der Waals surface area contributed by atoms with Gasteiger partial charge in [0.2, 0.25) is 5.91 Å².